The number of rotatable bonds is 9. The van der Waals surface area contributed by atoms with E-state index < -0.39 is 12.7 Å². The van der Waals surface area contributed by atoms with Crippen molar-refractivity contribution >= 4 is 11.0 Å². The van der Waals surface area contributed by atoms with Crippen molar-refractivity contribution in [3.63, 3.8) is 0 Å². The Balaban J connectivity index is 0.00000608. The minimum atomic E-state index is -2.56. The average molecular weight is 1010 g/mol. The van der Waals surface area contributed by atoms with E-state index in [2.05, 4.69) is 87.5 Å². The third kappa shape index (κ3) is 8.33. The minimum absolute atomic E-state index is 0. The smallest absolute Gasteiger partial charge is 0.148 e. The van der Waals surface area contributed by atoms with E-state index in [1.165, 1.54) is 5.56 Å². The summed E-state index contributed by atoms with van der Waals surface area (Å²) in [6.07, 6.45) is 1.84. The molecule has 7 aromatic carbocycles. The Morgan fingerprint density at radius 2 is 1.33 bits per heavy atom. The second kappa shape index (κ2) is 17.8. The Bertz CT molecular complexity index is 3290. The van der Waals surface area contributed by atoms with E-state index in [-0.39, 0.29) is 38.3 Å². The molecule has 9 rings (SSSR count). The van der Waals surface area contributed by atoms with E-state index in [0.29, 0.717) is 33.7 Å². The first-order valence-electron chi connectivity index (χ1n) is 23.2. The van der Waals surface area contributed by atoms with E-state index in [1.807, 2.05) is 117 Å². The normalized spacial score (nSPS) is 12.7. The molecule has 9 aromatic rings. The third-order valence-electron chi connectivity index (χ3n) is 11.8. The Kier molecular flexibility index (Phi) is 10.8. The van der Waals surface area contributed by atoms with Gasteiger partial charge in [-0.3, -0.25) is 9.55 Å². The number of aromatic nitrogens is 3. The number of phenols is 1. The molecule has 0 bridgehead atoms. The van der Waals surface area contributed by atoms with Crippen LogP contribution in [0.1, 0.15) is 78.4 Å². The molecular weight excluding hydrogens is 950 g/mol. The monoisotopic (exact) mass is 1010 g/mol. The van der Waals surface area contributed by atoms with Crippen LogP contribution in [0, 0.1) is 33.7 Å². The Morgan fingerprint density at radius 1 is 0.619 bits per heavy atom. The van der Waals surface area contributed by atoms with Crippen molar-refractivity contribution in [2.24, 2.45) is 0 Å². The summed E-state index contributed by atoms with van der Waals surface area (Å²) in [6, 6.07) is 52.1. The van der Waals surface area contributed by atoms with Crippen LogP contribution in [0.4, 0.5) is 0 Å². The van der Waals surface area contributed by atoms with Gasteiger partial charge in [-0.05, 0) is 125 Å². The molecule has 0 fully saturated rings. The molecule has 63 heavy (non-hydrogen) atoms. The second-order valence-corrected chi connectivity index (χ2v) is 16.9. The van der Waals surface area contributed by atoms with Crippen LogP contribution in [-0.2, 0) is 21.1 Å². The second-order valence-electron chi connectivity index (χ2n) is 16.9. The summed E-state index contributed by atoms with van der Waals surface area (Å²) in [5.41, 5.74) is 15.8. The summed E-state index contributed by atoms with van der Waals surface area (Å²) in [4.78, 5) is 10.3. The van der Waals surface area contributed by atoms with E-state index in [1.54, 1.807) is 6.07 Å². The van der Waals surface area contributed by atoms with Crippen molar-refractivity contribution in [2.45, 2.75) is 67.1 Å². The first kappa shape index (κ1) is 38.3. The van der Waals surface area contributed by atoms with Crippen molar-refractivity contribution < 1.29 is 31.7 Å². The van der Waals surface area contributed by atoms with Crippen molar-refractivity contribution in [1.82, 2.24) is 14.5 Å². The Labute approximate surface area is 392 Å². The van der Waals surface area contributed by atoms with Crippen molar-refractivity contribution in [3.8, 4) is 78.6 Å². The molecule has 2 heterocycles. The number of aromatic hydroxyl groups is 1. The van der Waals surface area contributed by atoms with Gasteiger partial charge in [0.05, 0.1) is 22.3 Å². The van der Waals surface area contributed by atoms with Gasteiger partial charge in [-0.15, -0.1) is 23.8 Å². The largest absolute Gasteiger partial charge is 0.507 e. The topological polar surface area (TPSA) is 50.9 Å². The zero-order valence-electron chi connectivity index (χ0n) is 40.6. The maximum Gasteiger partial charge on any atom is 0.148 e. The van der Waals surface area contributed by atoms with Crippen LogP contribution < -0.4 is 0 Å². The number of hydrogen-bond acceptors (Lipinski definition) is 3. The number of hydrogen-bond donors (Lipinski definition) is 1. The number of para-hydroxylation sites is 1. The van der Waals surface area contributed by atoms with Gasteiger partial charge < -0.3 is 5.11 Å². The summed E-state index contributed by atoms with van der Waals surface area (Å²) in [5, 5.41) is 11.8. The molecule has 5 heteroatoms. The number of aryl methyl sites for hydroxylation is 4. The fourth-order valence-electron chi connectivity index (χ4n) is 8.70. The predicted octanol–water partition coefficient (Wildman–Crippen LogP) is 15.4. The summed E-state index contributed by atoms with van der Waals surface area (Å²) in [6.45, 7) is 11.3. The number of phenolic OH excluding ortho intramolecular Hbond substituents is 1. The van der Waals surface area contributed by atoms with Gasteiger partial charge in [0.25, 0.3) is 0 Å². The van der Waals surface area contributed by atoms with Gasteiger partial charge in [0.1, 0.15) is 11.6 Å². The number of nitrogens with zero attached hydrogens (tertiary/aromatic N) is 3. The molecule has 0 aliphatic carbocycles. The molecular formula is C58H52N3OPt-. The molecule has 0 spiro atoms. The van der Waals surface area contributed by atoms with E-state index in [9.17, 15) is 5.11 Å². The van der Waals surface area contributed by atoms with Crippen LogP contribution in [0.25, 0.3) is 83.9 Å². The molecule has 0 atom stereocenters. The predicted molar refractivity (Wildman–Crippen MR) is 259 cm³/mol. The van der Waals surface area contributed by atoms with Crippen LogP contribution in [0.5, 0.6) is 5.75 Å². The molecule has 4 nitrogen and oxygen atoms in total. The average Bonchev–Trinajstić information content (AvgIpc) is 3.69. The fourth-order valence-corrected chi connectivity index (χ4v) is 8.70. The molecule has 0 aliphatic heterocycles. The number of fused-ring (bicyclic) bond motifs is 1. The van der Waals surface area contributed by atoms with Crippen molar-refractivity contribution in [3.05, 3.63) is 191 Å². The van der Waals surface area contributed by atoms with Gasteiger partial charge in [0, 0.05) is 38.4 Å². The standard InChI is InChI=1S/C58H52N3O.Pt/c1-35(2)48-16-12-17-49(36(3)4)55(48)44-24-25-53(39(7)30-44)61-54-19-13-18-50(56(54)60-58(61)51-29-38(6)28-40(8)57(51)62)46-31-45(41-14-10-9-11-15-41)32-47(33-46)52-34-43(26-27-59-52)42-22-20-37(5)21-23-42;/h9-32,34-36,62H,1-8H3;/q-1;/i7D3,35D;. The van der Waals surface area contributed by atoms with Crippen LogP contribution >= 0.6 is 0 Å². The van der Waals surface area contributed by atoms with Crippen molar-refractivity contribution in [2.75, 3.05) is 0 Å². The molecule has 2 aromatic heterocycles. The van der Waals surface area contributed by atoms with E-state index in [4.69, 9.17) is 15.5 Å². The maximum absolute atomic E-state index is 11.8. The molecule has 0 saturated heterocycles. The zero-order chi connectivity index (χ0) is 46.7. The van der Waals surface area contributed by atoms with Crippen LogP contribution in [0.15, 0.2) is 152 Å². The fraction of sp³-hybridized carbons (Fsp3) is 0.172. The Morgan fingerprint density at radius 3 is 2.08 bits per heavy atom. The molecule has 0 aliphatic rings. The summed E-state index contributed by atoms with van der Waals surface area (Å²) in [7, 11) is 0. The SMILES string of the molecule is [2H]C([2H])([2H])c1cc(-c2c(C(C)C)cccc2C([2H])(C)C)ccc1-n1c(-c2cc(C)cc(C)c2O)nc2c(-c3[c-]c(-c4cc(-c5ccc(C)cc5)ccn4)cc(-c4ccccc4)c3)cccc21.[Pt]. The van der Waals surface area contributed by atoms with Gasteiger partial charge in [0.2, 0.25) is 0 Å². The number of pyridine rings is 1. The first-order chi connectivity index (χ1) is 31.5. The number of imidazole rings is 1. The summed E-state index contributed by atoms with van der Waals surface area (Å²) < 4.78 is 38.2. The Hall–Kier alpha value is -6.35. The molecule has 0 saturated carbocycles. The van der Waals surface area contributed by atoms with Crippen molar-refractivity contribution in [1.29, 1.82) is 0 Å². The maximum atomic E-state index is 11.8. The quantitative estimate of drug-likeness (QED) is 0.147. The summed E-state index contributed by atoms with van der Waals surface area (Å²) in [5.74, 6) is -0.349. The number of benzene rings is 7. The van der Waals surface area contributed by atoms with Gasteiger partial charge in [-0.1, -0.05) is 153 Å². The molecule has 0 amide bonds. The van der Waals surface area contributed by atoms with Gasteiger partial charge in [-0.2, -0.15) is 0 Å². The zero-order valence-corrected chi connectivity index (χ0v) is 38.9. The van der Waals surface area contributed by atoms with Crippen LogP contribution in [0.3, 0.4) is 0 Å². The molecule has 1 N–H and O–H groups in total. The molecule has 0 radical (unpaired) electrons. The summed E-state index contributed by atoms with van der Waals surface area (Å²) >= 11 is 0. The van der Waals surface area contributed by atoms with Crippen LogP contribution in [0.2, 0.25) is 0 Å². The first-order valence-corrected chi connectivity index (χ1v) is 21.2. The van der Waals surface area contributed by atoms with Gasteiger partial charge >= 0.3 is 0 Å². The molecule has 316 valence electrons. The van der Waals surface area contributed by atoms with Gasteiger partial charge in [-0.25, -0.2) is 4.98 Å². The molecule has 0 unspecified atom stereocenters. The van der Waals surface area contributed by atoms with Crippen LogP contribution in [-0.4, -0.2) is 19.6 Å². The van der Waals surface area contributed by atoms with Gasteiger partial charge in [0.15, 0.2) is 0 Å². The van der Waals surface area contributed by atoms with E-state index in [0.717, 1.165) is 72.5 Å². The minimum Gasteiger partial charge on any atom is -0.507 e. The third-order valence-corrected chi connectivity index (χ3v) is 11.8. The van der Waals surface area contributed by atoms with E-state index >= 15 is 0 Å².